The molecule has 1 amide bonds. The van der Waals surface area contributed by atoms with Crippen molar-refractivity contribution in [3.05, 3.63) is 12.2 Å². The third-order valence-corrected chi connectivity index (χ3v) is 3.93. The van der Waals surface area contributed by atoms with E-state index in [1.165, 1.54) is 25.9 Å². The molecule has 0 aliphatic rings. The molecule has 0 radical (unpaired) electrons. The highest BCUT2D eigenvalue weighted by Gasteiger charge is 2.36. The Bertz CT molecular complexity index is 513. The molecule has 1 N–H and O–H groups in total. The average Bonchev–Trinajstić information content (AvgIpc) is 2.42. The summed E-state index contributed by atoms with van der Waals surface area (Å²) in [6.45, 7) is 14.2. The molecule has 0 aromatic heterocycles. The predicted molar refractivity (Wildman–Crippen MR) is 89.6 cm³/mol. The molecule has 0 saturated heterocycles. The quantitative estimate of drug-likeness (QED) is 0.215. The summed E-state index contributed by atoms with van der Waals surface area (Å²) < 4.78 is 60.0. The Labute approximate surface area is 148 Å². The van der Waals surface area contributed by atoms with E-state index in [0.717, 1.165) is 24.0 Å². The van der Waals surface area contributed by atoms with Crippen molar-refractivity contribution in [2.45, 2.75) is 45.5 Å². The van der Waals surface area contributed by atoms with E-state index in [4.69, 9.17) is 13.0 Å². The second-order valence-electron chi connectivity index (χ2n) is 6.08. The van der Waals surface area contributed by atoms with Crippen LogP contribution < -0.4 is 5.32 Å². The van der Waals surface area contributed by atoms with Gasteiger partial charge < -0.3 is 14.4 Å². The standard InChI is InChI=1S/C14H28N2O.CHF3O3S/c1-6-10-16(5,11-7-2)12-8-9-15-14(17)13(3)4;2-1(3,4)8(5,6)7/h3,6-12H2,1-2,4-5H3;(H,5,6,7). The second kappa shape index (κ2) is 11.5. The van der Waals surface area contributed by atoms with Gasteiger partial charge in [-0.3, -0.25) is 4.79 Å². The van der Waals surface area contributed by atoms with Gasteiger partial charge in [-0.25, -0.2) is 8.42 Å². The molecule has 0 saturated carbocycles. The predicted octanol–water partition coefficient (Wildman–Crippen LogP) is 2.39. The molecule has 0 aromatic carbocycles. The molecule has 0 aliphatic heterocycles. The number of hydrogen-bond donors (Lipinski definition) is 1. The molecule has 0 bridgehead atoms. The van der Waals surface area contributed by atoms with Crippen LogP contribution in [0, 0.1) is 0 Å². The minimum atomic E-state index is -6.09. The van der Waals surface area contributed by atoms with E-state index in [1.807, 2.05) is 0 Å². The van der Waals surface area contributed by atoms with Gasteiger partial charge in [-0.1, -0.05) is 20.4 Å². The number of nitrogens with zero attached hydrogens (tertiary/aromatic N) is 1. The van der Waals surface area contributed by atoms with Crippen LogP contribution in [0.25, 0.3) is 0 Å². The van der Waals surface area contributed by atoms with E-state index in [0.29, 0.717) is 5.57 Å². The van der Waals surface area contributed by atoms with E-state index in [-0.39, 0.29) is 5.91 Å². The van der Waals surface area contributed by atoms with Crippen LogP contribution in [0.15, 0.2) is 12.2 Å². The van der Waals surface area contributed by atoms with Crippen molar-refractivity contribution in [1.82, 2.24) is 5.32 Å². The second-order valence-corrected chi connectivity index (χ2v) is 7.45. The van der Waals surface area contributed by atoms with Crippen molar-refractivity contribution in [2.75, 3.05) is 33.2 Å². The Morgan fingerprint density at radius 2 is 1.56 bits per heavy atom. The molecule has 0 aromatic rings. The molecular formula is C15H29F3N2O4S. The van der Waals surface area contributed by atoms with Gasteiger partial charge in [0, 0.05) is 18.5 Å². The molecule has 0 aliphatic carbocycles. The maximum atomic E-state index is 11.3. The number of hydrogen-bond acceptors (Lipinski definition) is 4. The van der Waals surface area contributed by atoms with Crippen molar-refractivity contribution in [2.24, 2.45) is 0 Å². The molecule has 10 heteroatoms. The highest BCUT2D eigenvalue weighted by atomic mass is 32.2. The number of halogens is 3. The lowest BCUT2D eigenvalue weighted by Crippen LogP contribution is -2.46. The maximum Gasteiger partial charge on any atom is 0.485 e. The van der Waals surface area contributed by atoms with E-state index in [1.54, 1.807) is 6.92 Å². The lowest BCUT2D eigenvalue weighted by Gasteiger charge is -2.34. The van der Waals surface area contributed by atoms with Crippen LogP contribution in [0.1, 0.15) is 40.0 Å². The Balaban J connectivity index is 0. The summed E-state index contributed by atoms with van der Waals surface area (Å²) in [6, 6.07) is 0. The zero-order valence-electron chi connectivity index (χ0n) is 15.3. The molecule has 6 nitrogen and oxygen atoms in total. The molecule has 0 rings (SSSR count). The first-order valence-electron chi connectivity index (χ1n) is 7.99. The van der Waals surface area contributed by atoms with Gasteiger partial charge in [0.15, 0.2) is 10.1 Å². The summed E-state index contributed by atoms with van der Waals surface area (Å²) in [5.74, 6) is -0.0230. The van der Waals surface area contributed by atoms with Crippen LogP contribution in [0.2, 0.25) is 0 Å². The van der Waals surface area contributed by atoms with E-state index < -0.39 is 15.6 Å². The first-order chi connectivity index (χ1) is 11.2. The first-order valence-corrected chi connectivity index (χ1v) is 9.40. The minimum Gasteiger partial charge on any atom is -0.741 e. The molecule has 0 spiro atoms. The number of carbonyl (C=O) groups is 1. The SMILES string of the molecule is C=C(C)C(=O)NCCC[N+](C)(CCC)CCC.O=S(=O)([O-])C(F)(F)F. The average molecular weight is 390 g/mol. The Morgan fingerprint density at radius 1 is 1.16 bits per heavy atom. The van der Waals surface area contributed by atoms with Gasteiger partial charge in [0.05, 0.1) is 26.7 Å². The summed E-state index contributed by atoms with van der Waals surface area (Å²) in [5, 5.41) is 2.89. The molecule has 0 atom stereocenters. The highest BCUT2D eigenvalue weighted by Crippen LogP contribution is 2.20. The van der Waals surface area contributed by atoms with Crippen molar-refractivity contribution in [3.63, 3.8) is 0 Å². The van der Waals surface area contributed by atoms with Gasteiger partial charge >= 0.3 is 5.51 Å². The largest absolute Gasteiger partial charge is 0.741 e. The summed E-state index contributed by atoms with van der Waals surface area (Å²) >= 11 is 0. The fourth-order valence-electron chi connectivity index (χ4n) is 2.23. The molecule has 25 heavy (non-hydrogen) atoms. The van der Waals surface area contributed by atoms with Crippen LogP contribution in [0.3, 0.4) is 0 Å². The zero-order chi connectivity index (χ0) is 20.3. The summed E-state index contributed by atoms with van der Waals surface area (Å²) in [4.78, 5) is 11.3. The summed E-state index contributed by atoms with van der Waals surface area (Å²) in [6.07, 6.45) is 3.47. The minimum absolute atomic E-state index is 0.0230. The summed E-state index contributed by atoms with van der Waals surface area (Å²) in [7, 11) is -3.78. The lowest BCUT2D eigenvalue weighted by molar-refractivity contribution is -0.909. The van der Waals surface area contributed by atoms with E-state index in [9.17, 15) is 18.0 Å². The third kappa shape index (κ3) is 12.8. The smallest absolute Gasteiger partial charge is 0.485 e. The topological polar surface area (TPSA) is 86.3 Å². The van der Waals surface area contributed by atoms with Crippen LogP contribution in [0.4, 0.5) is 13.2 Å². The Morgan fingerprint density at radius 3 is 1.84 bits per heavy atom. The Hall–Kier alpha value is -1.13. The van der Waals surface area contributed by atoms with Crippen LogP contribution in [-0.4, -0.2) is 62.1 Å². The number of quaternary nitrogens is 1. The Kier molecular flexibility index (Phi) is 12.0. The lowest BCUT2D eigenvalue weighted by atomic mass is 10.2. The molecule has 150 valence electrons. The van der Waals surface area contributed by atoms with Crippen molar-refractivity contribution in [1.29, 1.82) is 0 Å². The number of nitrogens with one attached hydrogen (secondary N) is 1. The molecular weight excluding hydrogens is 361 g/mol. The van der Waals surface area contributed by atoms with Crippen molar-refractivity contribution in [3.8, 4) is 0 Å². The van der Waals surface area contributed by atoms with E-state index >= 15 is 0 Å². The monoisotopic (exact) mass is 390 g/mol. The highest BCUT2D eigenvalue weighted by molar-refractivity contribution is 7.86. The van der Waals surface area contributed by atoms with Gasteiger partial charge in [0.25, 0.3) is 0 Å². The fourth-order valence-corrected chi connectivity index (χ4v) is 2.23. The van der Waals surface area contributed by atoms with Crippen LogP contribution >= 0.6 is 0 Å². The number of amides is 1. The van der Waals surface area contributed by atoms with Gasteiger partial charge in [-0.05, 0) is 19.8 Å². The molecule has 0 fully saturated rings. The zero-order valence-corrected chi connectivity index (χ0v) is 16.1. The normalized spacial score (nSPS) is 12.2. The van der Waals surface area contributed by atoms with Gasteiger partial charge in [-0.15, -0.1) is 0 Å². The molecule has 0 heterocycles. The van der Waals surface area contributed by atoms with E-state index in [2.05, 4.69) is 32.8 Å². The number of alkyl halides is 3. The van der Waals surface area contributed by atoms with Gasteiger partial charge in [0.2, 0.25) is 5.91 Å². The van der Waals surface area contributed by atoms with Gasteiger partial charge in [-0.2, -0.15) is 13.2 Å². The first kappa shape index (κ1) is 26.1. The summed E-state index contributed by atoms with van der Waals surface area (Å²) in [5.41, 5.74) is -5.06. The van der Waals surface area contributed by atoms with Crippen LogP contribution in [-0.2, 0) is 14.9 Å². The number of carbonyl (C=O) groups excluding carboxylic acids is 1. The third-order valence-electron chi connectivity index (χ3n) is 3.36. The maximum absolute atomic E-state index is 11.3. The van der Waals surface area contributed by atoms with Crippen LogP contribution in [0.5, 0.6) is 0 Å². The molecule has 0 unspecified atom stereocenters. The fraction of sp³-hybridized carbons (Fsp3) is 0.800. The number of rotatable bonds is 9. The van der Waals surface area contributed by atoms with Gasteiger partial charge in [0.1, 0.15) is 0 Å². The van der Waals surface area contributed by atoms with Crippen molar-refractivity contribution >= 4 is 16.0 Å². The van der Waals surface area contributed by atoms with Crippen molar-refractivity contribution < 1.29 is 35.4 Å².